The van der Waals surface area contributed by atoms with E-state index in [1.54, 1.807) is 32.0 Å². The van der Waals surface area contributed by atoms with E-state index in [9.17, 15) is 0 Å². The van der Waals surface area contributed by atoms with Crippen molar-refractivity contribution < 1.29 is 27.2 Å². The molecule has 39 heavy (non-hydrogen) atoms. The number of alkyl halides is 3. The summed E-state index contributed by atoms with van der Waals surface area (Å²) in [6, 6.07) is 35.3. The molecule has 1 aliphatic rings. The van der Waals surface area contributed by atoms with Gasteiger partial charge in [-0.1, -0.05) is 0 Å². The molecule has 1 saturated heterocycles. The van der Waals surface area contributed by atoms with Crippen LogP contribution in [0, 0.1) is 0 Å². The Bertz CT molecular complexity index is 1330. The van der Waals surface area contributed by atoms with Crippen molar-refractivity contribution in [3.8, 4) is 0 Å². The monoisotopic (exact) mass is 550 g/mol. The van der Waals surface area contributed by atoms with Crippen LogP contribution in [0.25, 0.3) is 0 Å². The van der Waals surface area contributed by atoms with E-state index >= 15 is 13.2 Å². The van der Waals surface area contributed by atoms with Crippen LogP contribution < -0.4 is 15.9 Å². The van der Waals surface area contributed by atoms with Crippen LogP contribution in [0.3, 0.4) is 0 Å². The molecule has 4 aromatic carbocycles. The molecule has 7 heteroatoms. The molecule has 0 aliphatic carbocycles. The molecule has 0 spiro atoms. The van der Waals surface area contributed by atoms with Crippen LogP contribution in [0.5, 0.6) is 0 Å². The summed E-state index contributed by atoms with van der Waals surface area (Å²) in [7, 11) is 0. The van der Waals surface area contributed by atoms with E-state index in [0.717, 1.165) is 0 Å². The van der Waals surface area contributed by atoms with E-state index in [0.29, 0.717) is 15.9 Å². The third kappa shape index (κ3) is 3.73. The van der Waals surface area contributed by atoms with Crippen LogP contribution in [0.15, 0.2) is 133 Å². The first-order chi connectivity index (χ1) is 18.9. The van der Waals surface area contributed by atoms with Crippen LogP contribution in [-0.4, -0.2) is 19.4 Å². The molecule has 0 amide bonds. The van der Waals surface area contributed by atoms with E-state index in [4.69, 9.17) is 14.0 Å². The van der Waals surface area contributed by atoms with Crippen molar-refractivity contribution in [1.82, 2.24) is 0 Å². The van der Waals surface area contributed by atoms with Gasteiger partial charge in [-0.2, -0.15) is 0 Å². The summed E-state index contributed by atoms with van der Waals surface area (Å²) < 4.78 is 66.1. The quantitative estimate of drug-likeness (QED) is 0.172. The summed E-state index contributed by atoms with van der Waals surface area (Å²) in [5.41, 5.74) is -2.85. The maximum absolute atomic E-state index is 15.7. The first kappa shape index (κ1) is 27.0. The Balaban J connectivity index is 2.08. The summed E-state index contributed by atoms with van der Waals surface area (Å²) in [4.78, 5) is 0. The van der Waals surface area contributed by atoms with Crippen molar-refractivity contribution in [3.63, 3.8) is 0 Å². The number of hydrogen-bond acceptors (Lipinski definition) is 3. The predicted octanol–water partition coefficient (Wildman–Crippen LogP) is 7.16. The average Bonchev–Trinajstić information content (AvgIpc) is 2.95. The normalized spacial score (nSPS) is 20.6. The molecule has 1 atom stereocenters. The number of ether oxygens (including phenoxy) is 2. The SMILES string of the molecule is CCOC(OCC)=C1C(c2ccccc2)(C(F)(F)F)OP1(c1ccccc1)(c1ccccc1)c1ccccc1. The van der Waals surface area contributed by atoms with Crippen LogP contribution in [0.4, 0.5) is 13.2 Å². The molecule has 202 valence electrons. The second-order valence-electron chi connectivity index (χ2n) is 9.18. The maximum atomic E-state index is 15.7. The Hall–Kier alpha value is -3.60. The Kier molecular flexibility index (Phi) is 7.04. The van der Waals surface area contributed by atoms with Gasteiger partial charge >= 0.3 is 227 Å². The fourth-order valence-electron chi connectivity index (χ4n) is 5.72. The minimum atomic E-state index is -4.84. The second kappa shape index (κ2) is 10.2. The summed E-state index contributed by atoms with van der Waals surface area (Å²) >= 11 is 0. The third-order valence-corrected chi connectivity index (χ3v) is 13.0. The van der Waals surface area contributed by atoms with Gasteiger partial charge in [0.15, 0.2) is 0 Å². The number of halogens is 3. The molecule has 4 aromatic rings. The zero-order valence-corrected chi connectivity index (χ0v) is 22.7. The molecule has 1 fully saturated rings. The molecule has 5 rings (SSSR count). The molecule has 1 aliphatic heterocycles. The van der Waals surface area contributed by atoms with Gasteiger partial charge in [-0.3, -0.25) is 0 Å². The standard InChI is InChI=1S/C32H30F3O3P/c1-3-36-30(37-4-2)29-31(32(33,34)35,25-17-9-5-10-18-25)38-39(29,26-19-11-6-12-20-26,27-21-13-7-14-22-27)28-23-15-8-16-24-28/h5-24H,3-4H2,1-2H3. The van der Waals surface area contributed by atoms with Crippen molar-refractivity contribution in [2.24, 2.45) is 0 Å². The zero-order valence-electron chi connectivity index (χ0n) is 21.8. The molecular weight excluding hydrogens is 520 g/mol. The Labute approximate surface area is 226 Å². The van der Waals surface area contributed by atoms with Gasteiger partial charge in [0.25, 0.3) is 0 Å². The predicted molar refractivity (Wildman–Crippen MR) is 151 cm³/mol. The molecule has 3 nitrogen and oxygen atoms in total. The fraction of sp³-hybridized carbons (Fsp3) is 0.188. The van der Waals surface area contributed by atoms with Crippen molar-refractivity contribution in [2.75, 3.05) is 13.2 Å². The summed E-state index contributed by atoms with van der Waals surface area (Å²) in [6.45, 7) is -0.838. The summed E-state index contributed by atoms with van der Waals surface area (Å²) in [5, 5.41) is 1.84. The van der Waals surface area contributed by atoms with Crippen LogP contribution in [0.2, 0.25) is 0 Å². The van der Waals surface area contributed by atoms with Crippen LogP contribution in [-0.2, 0) is 19.6 Å². The van der Waals surface area contributed by atoms with Gasteiger partial charge < -0.3 is 0 Å². The van der Waals surface area contributed by atoms with Gasteiger partial charge in [-0.15, -0.1) is 0 Å². The van der Waals surface area contributed by atoms with E-state index < -0.39 is 18.6 Å². The van der Waals surface area contributed by atoms with E-state index in [-0.39, 0.29) is 30.0 Å². The molecular formula is C32H30F3O3P. The Morgan fingerprint density at radius 3 is 1.33 bits per heavy atom. The van der Waals surface area contributed by atoms with Crippen LogP contribution >= 0.6 is 6.83 Å². The topological polar surface area (TPSA) is 27.7 Å². The van der Waals surface area contributed by atoms with Crippen molar-refractivity contribution in [3.05, 3.63) is 138 Å². The Morgan fingerprint density at radius 2 is 1.00 bits per heavy atom. The summed E-state index contributed by atoms with van der Waals surface area (Å²) in [6.07, 6.45) is -4.84. The molecule has 1 unspecified atom stereocenters. The third-order valence-electron chi connectivity index (χ3n) is 7.15. The van der Waals surface area contributed by atoms with Gasteiger partial charge in [-0.25, -0.2) is 0 Å². The van der Waals surface area contributed by atoms with Gasteiger partial charge in [0.1, 0.15) is 0 Å². The van der Waals surface area contributed by atoms with Crippen molar-refractivity contribution in [2.45, 2.75) is 25.6 Å². The molecule has 0 radical (unpaired) electrons. The second-order valence-corrected chi connectivity index (χ2v) is 13.4. The van der Waals surface area contributed by atoms with Crippen LogP contribution in [0.1, 0.15) is 19.4 Å². The van der Waals surface area contributed by atoms with E-state index in [1.807, 2.05) is 91.0 Å². The molecule has 0 saturated carbocycles. The van der Waals surface area contributed by atoms with Crippen molar-refractivity contribution in [1.29, 1.82) is 0 Å². The van der Waals surface area contributed by atoms with Gasteiger partial charge in [0.05, 0.1) is 0 Å². The number of rotatable bonds is 8. The average molecular weight is 551 g/mol. The molecule has 0 bridgehead atoms. The molecule has 0 aromatic heterocycles. The first-order valence-electron chi connectivity index (χ1n) is 12.9. The van der Waals surface area contributed by atoms with Gasteiger partial charge in [0, 0.05) is 0 Å². The van der Waals surface area contributed by atoms with E-state index in [1.165, 1.54) is 12.1 Å². The van der Waals surface area contributed by atoms with Gasteiger partial charge in [-0.05, 0) is 0 Å². The van der Waals surface area contributed by atoms with E-state index in [2.05, 4.69) is 0 Å². The zero-order chi connectivity index (χ0) is 27.6. The minimum absolute atomic E-state index is 0.0348. The van der Waals surface area contributed by atoms with Crippen molar-refractivity contribution >= 4 is 22.7 Å². The summed E-state index contributed by atoms with van der Waals surface area (Å²) in [5.74, 6) is -0.151. The fourth-order valence-corrected chi connectivity index (χ4v) is 12.1. The first-order valence-corrected chi connectivity index (χ1v) is 15.0. The molecule has 1 heterocycles. The number of benzene rings is 4. The number of hydrogen-bond donors (Lipinski definition) is 0. The Morgan fingerprint density at radius 1 is 0.641 bits per heavy atom. The van der Waals surface area contributed by atoms with Gasteiger partial charge in [0.2, 0.25) is 0 Å². The molecule has 0 N–H and O–H groups in total.